The fraction of sp³-hybridized carbons (Fsp3) is 0.875. The van der Waals surface area contributed by atoms with Crippen molar-refractivity contribution in [3.8, 4) is 0 Å². The second-order valence-electron chi connectivity index (χ2n) is 9.65. The summed E-state index contributed by atoms with van der Waals surface area (Å²) in [5.74, 6) is 0.707. The van der Waals surface area contributed by atoms with Gasteiger partial charge in [-0.2, -0.15) is 0 Å². The minimum Gasteiger partial charge on any atom is -0.463 e. The summed E-state index contributed by atoms with van der Waals surface area (Å²) in [6, 6.07) is 0. The first kappa shape index (κ1) is 25.2. The lowest BCUT2D eigenvalue weighted by Gasteiger charge is -2.26. The van der Waals surface area contributed by atoms with Crippen molar-refractivity contribution in [2.75, 3.05) is 34.3 Å². The number of allylic oxidation sites excluding steroid dienone is 2. The second kappa shape index (κ2) is 15.0. The van der Waals surface area contributed by atoms with Gasteiger partial charge in [0.05, 0.1) is 21.1 Å². The van der Waals surface area contributed by atoms with Crippen molar-refractivity contribution in [1.29, 1.82) is 0 Å². The summed E-state index contributed by atoms with van der Waals surface area (Å²) >= 11 is 0. The van der Waals surface area contributed by atoms with Gasteiger partial charge in [0.1, 0.15) is 19.3 Å². The monoisotopic (exact) mass is 396 g/mol. The molecule has 1 rings (SSSR count). The maximum atomic E-state index is 11.7. The molecule has 1 unspecified atom stereocenters. The fourth-order valence-corrected chi connectivity index (χ4v) is 3.97. The van der Waals surface area contributed by atoms with Crippen molar-refractivity contribution in [2.45, 2.75) is 96.0 Å². The molecule has 0 saturated carbocycles. The zero-order valence-electron chi connectivity index (χ0n) is 18.8. The zero-order valence-corrected chi connectivity index (χ0v) is 18.8. The average molecular weight is 397 g/mol. The summed E-state index contributed by atoms with van der Waals surface area (Å²) in [6.45, 7) is 0.705. The number of carbonyl (C=O) groups excluding carboxylic acids is 1. The van der Waals surface area contributed by atoms with Gasteiger partial charge >= 0.3 is 5.97 Å². The van der Waals surface area contributed by atoms with E-state index in [1.165, 1.54) is 70.6 Å². The van der Waals surface area contributed by atoms with Crippen molar-refractivity contribution in [3.05, 3.63) is 12.2 Å². The maximum absolute atomic E-state index is 11.7. The van der Waals surface area contributed by atoms with E-state index in [4.69, 9.17) is 4.74 Å². The van der Waals surface area contributed by atoms with E-state index in [2.05, 4.69) is 12.2 Å². The van der Waals surface area contributed by atoms with E-state index in [9.17, 15) is 9.90 Å². The van der Waals surface area contributed by atoms with Gasteiger partial charge in [0.25, 0.3) is 0 Å². The quantitative estimate of drug-likeness (QED) is 0.158. The second-order valence-corrected chi connectivity index (χ2v) is 9.65. The van der Waals surface area contributed by atoms with E-state index in [1.54, 1.807) is 0 Å². The fourth-order valence-electron chi connectivity index (χ4n) is 3.97. The Morgan fingerprint density at radius 3 is 2.11 bits per heavy atom. The molecule has 0 bridgehead atoms. The first-order valence-corrected chi connectivity index (χ1v) is 11.7. The van der Waals surface area contributed by atoms with Crippen molar-refractivity contribution < 1.29 is 19.1 Å². The molecular weight excluding hydrogens is 350 g/mol. The molecule has 1 aliphatic rings. The van der Waals surface area contributed by atoms with Gasteiger partial charge in [-0.15, -0.1) is 0 Å². The number of hydrogen-bond donors (Lipinski definition) is 1. The molecule has 2 atom stereocenters. The highest BCUT2D eigenvalue weighted by atomic mass is 16.5. The standard InChI is InChI=1S/C24H46NO3/c1-25(2,3)20-23(26)21-28-24(27)19-13-11-9-7-5-4-6-8-10-12-16-22-17-14-15-18-22/h14,17,22-23,26H,4-13,15-16,18-21H2,1-3H3/q+1/t22-,23?/m0/s1. The third-order valence-electron chi connectivity index (χ3n) is 5.51. The molecule has 4 nitrogen and oxygen atoms in total. The van der Waals surface area contributed by atoms with Gasteiger partial charge in [-0.1, -0.05) is 69.9 Å². The number of aliphatic hydroxyl groups excluding tert-OH is 1. The molecule has 0 aromatic rings. The van der Waals surface area contributed by atoms with Gasteiger partial charge in [-0.05, 0) is 31.6 Å². The Morgan fingerprint density at radius 1 is 1.00 bits per heavy atom. The molecule has 28 heavy (non-hydrogen) atoms. The molecule has 0 spiro atoms. The Bertz CT molecular complexity index is 428. The highest BCUT2D eigenvalue weighted by Gasteiger charge is 2.17. The third kappa shape index (κ3) is 15.1. The van der Waals surface area contributed by atoms with E-state index >= 15 is 0 Å². The van der Waals surface area contributed by atoms with Crippen LogP contribution in [0.1, 0.15) is 89.9 Å². The molecule has 0 aromatic heterocycles. The van der Waals surface area contributed by atoms with E-state index in [-0.39, 0.29) is 12.6 Å². The average Bonchev–Trinajstić information content (AvgIpc) is 3.13. The number of aliphatic hydroxyl groups is 1. The predicted octanol–water partition coefficient (Wildman–Crippen LogP) is 5.24. The molecule has 1 N–H and O–H groups in total. The SMILES string of the molecule is C[N+](C)(C)CC(O)COC(=O)CCCCCCCCCCCC[C@H]1C=CCC1. The van der Waals surface area contributed by atoms with Gasteiger partial charge < -0.3 is 14.3 Å². The number of rotatable bonds is 17. The van der Waals surface area contributed by atoms with Crippen LogP contribution in [0.4, 0.5) is 0 Å². The van der Waals surface area contributed by atoms with Crippen LogP contribution in [0.2, 0.25) is 0 Å². The molecule has 0 aromatic carbocycles. The molecule has 164 valence electrons. The molecule has 1 aliphatic carbocycles. The number of esters is 1. The van der Waals surface area contributed by atoms with Crippen molar-refractivity contribution in [3.63, 3.8) is 0 Å². The van der Waals surface area contributed by atoms with Crippen LogP contribution in [0.25, 0.3) is 0 Å². The number of likely N-dealkylation sites (N-methyl/N-ethyl adjacent to an activating group) is 1. The normalized spacial score (nSPS) is 17.8. The van der Waals surface area contributed by atoms with E-state index in [0.29, 0.717) is 17.4 Å². The van der Waals surface area contributed by atoms with E-state index in [1.807, 2.05) is 21.1 Å². The van der Waals surface area contributed by atoms with Crippen molar-refractivity contribution in [1.82, 2.24) is 0 Å². The van der Waals surface area contributed by atoms with Crippen molar-refractivity contribution >= 4 is 5.97 Å². The third-order valence-corrected chi connectivity index (χ3v) is 5.51. The van der Waals surface area contributed by atoms with Crippen LogP contribution in [0.15, 0.2) is 12.2 Å². The predicted molar refractivity (Wildman–Crippen MR) is 117 cm³/mol. The summed E-state index contributed by atoms with van der Waals surface area (Å²) in [6.07, 6.45) is 21.5. The highest BCUT2D eigenvalue weighted by molar-refractivity contribution is 5.69. The number of quaternary nitrogens is 1. The summed E-state index contributed by atoms with van der Waals surface area (Å²) in [4.78, 5) is 11.7. The lowest BCUT2D eigenvalue weighted by atomic mass is 9.99. The van der Waals surface area contributed by atoms with Crippen LogP contribution in [-0.4, -0.2) is 56.0 Å². The first-order valence-electron chi connectivity index (χ1n) is 11.7. The van der Waals surface area contributed by atoms with Crippen LogP contribution in [0, 0.1) is 5.92 Å². The Hall–Kier alpha value is -0.870. The molecule has 0 amide bonds. The Kier molecular flexibility index (Phi) is 13.5. The lowest BCUT2D eigenvalue weighted by molar-refractivity contribution is -0.873. The Balaban J connectivity index is 1.79. The summed E-state index contributed by atoms with van der Waals surface area (Å²) < 4.78 is 5.83. The van der Waals surface area contributed by atoms with Crippen LogP contribution in [0.3, 0.4) is 0 Å². The maximum Gasteiger partial charge on any atom is 0.305 e. The van der Waals surface area contributed by atoms with Gasteiger partial charge in [0.15, 0.2) is 0 Å². The number of hydrogen-bond acceptors (Lipinski definition) is 3. The summed E-state index contributed by atoms with van der Waals surface area (Å²) in [5, 5.41) is 9.85. The van der Waals surface area contributed by atoms with Gasteiger partial charge in [0.2, 0.25) is 0 Å². The van der Waals surface area contributed by atoms with Gasteiger partial charge in [-0.3, -0.25) is 4.79 Å². The Labute approximate surface area is 173 Å². The van der Waals surface area contributed by atoms with E-state index in [0.717, 1.165) is 18.8 Å². The van der Waals surface area contributed by atoms with Crippen LogP contribution in [0.5, 0.6) is 0 Å². The van der Waals surface area contributed by atoms with Crippen LogP contribution < -0.4 is 0 Å². The topological polar surface area (TPSA) is 46.5 Å². The van der Waals surface area contributed by atoms with Crippen LogP contribution >= 0.6 is 0 Å². The van der Waals surface area contributed by atoms with Gasteiger partial charge in [-0.25, -0.2) is 0 Å². The lowest BCUT2D eigenvalue weighted by Crippen LogP contribution is -2.43. The molecule has 0 fully saturated rings. The molecule has 4 heteroatoms. The first-order chi connectivity index (χ1) is 13.4. The zero-order chi connectivity index (χ0) is 20.7. The largest absolute Gasteiger partial charge is 0.463 e. The van der Waals surface area contributed by atoms with E-state index < -0.39 is 6.10 Å². The Morgan fingerprint density at radius 2 is 1.57 bits per heavy atom. The molecule has 0 aliphatic heterocycles. The number of unbranched alkanes of at least 4 members (excludes halogenated alkanes) is 9. The smallest absolute Gasteiger partial charge is 0.305 e. The van der Waals surface area contributed by atoms with Gasteiger partial charge in [0, 0.05) is 6.42 Å². The molecule has 0 heterocycles. The molecule has 0 saturated heterocycles. The minimum atomic E-state index is -0.580. The van der Waals surface area contributed by atoms with Crippen LogP contribution in [-0.2, 0) is 9.53 Å². The summed E-state index contributed by atoms with van der Waals surface area (Å²) in [5.41, 5.74) is 0. The molecule has 0 radical (unpaired) electrons. The number of carbonyl (C=O) groups is 1. The highest BCUT2D eigenvalue weighted by Crippen LogP contribution is 2.23. The molecular formula is C24H46NO3+. The number of ether oxygens (including phenoxy) is 1. The van der Waals surface area contributed by atoms with Crippen molar-refractivity contribution in [2.24, 2.45) is 5.92 Å². The minimum absolute atomic E-state index is 0.117. The summed E-state index contributed by atoms with van der Waals surface area (Å²) in [7, 11) is 6.04. The number of nitrogens with zero attached hydrogens (tertiary/aromatic N) is 1.